The number of carbonyl (C=O) groups excluding carboxylic acids is 1. The Hall–Kier alpha value is -3.26. The Labute approximate surface area is 187 Å². The topological polar surface area (TPSA) is 94.2 Å². The number of carbonyl (C=O) groups is 1. The molecule has 3 aromatic rings. The largest absolute Gasteiger partial charge is 0.365 e. The number of nitrogens with zero attached hydrogens (tertiary/aromatic N) is 4. The first kappa shape index (κ1) is 22.0. The van der Waals surface area contributed by atoms with E-state index in [1.165, 1.54) is 0 Å². The number of hydrogen-bond acceptors (Lipinski definition) is 6. The number of nitrogens with one attached hydrogen (secondary N) is 2. The molecule has 0 saturated carbocycles. The van der Waals surface area contributed by atoms with Gasteiger partial charge in [-0.1, -0.05) is 6.92 Å². The maximum absolute atomic E-state index is 12.2. The van der Waals surface area contributed by atoms with Gasteiger partial charge in [-0.3, -0.25) is 19.5 Å². The summed E-state index contributed by atoms with van der Waals surface area (Å²) < 4.78 is 0. The molecule has 3 aromatic heterocycles. The number of hydrogen-bond donors (Lipinski definition) is 2. The van der Waals surface area contributed by atoms with Crippen molar-refractivity contribution >= 4 is 22.6 Å². The smallest absolute Gasteiger partial charge is 0.269 e. The number of amides is 1. The van der Waals surface area contributed by atoms with Crippen LogP contribution in [-0.2, 0) is 13.0 Å². The van der Waals surface area contributed by atoms with Gasteiger partial charge in [0.1, 0.15) is 5.69 Å². The zero-order chi connectivity index (χ0) is 22.8. The van der Waals surface area contributed by atoms with Crippen LogP contribution in [0.3, 0.4) is 0 Å². The van der Waals surface area contributed by atoms with E-state index in [2.05, 4.69) is 43.9 Å². The first-order valence-electron chi connectivity index (χ1n) is 11.1. The van der Waals surface area contributed by atoms with Crippen LogP contribution in [0, 0.1) is 0 Å². The van der Waals surface area contributed by atoms with Gasteiger partial charge in [-0.15, -0.1) is 0 Å². The Morgan fingerprint density at radius 1 is 1.16 bits per heavy atom. The highest BCUT2D eigenvalue weighted by Crippen LogP contribution is 2.24. The molecule has 0 radical (unpaired) electrons. The molecule has 1 saturated heterocycles. The van der Waals surface area contributed by atoms with Crippen LogP contribution in [0.15, 0.2) is 41.5 Å². The molecule has 0 unspecified atom stereocenters. The zero-order valence-corrected chi connectivity index (χ0v) is 19.1. The predicted octanol–water partition coefficient (Wildman–Crippen LogP) is 2.34. The van der Waals surface area contributed by atoms with Gasteiger partial charge in [-0.05, 0) is 50.1 Å². The normalized spacial score (nSPS) is 19.3. The molecule has 1 aliphatic heterocycles. The number of H-pyrrole nitrogens is 1. The quantitative estimate of drug-likeness (QED) is 0.640. The molecule has 1 amide bonds. The number of anilines is 1. The Balaban J connectivity index is 1.48. The lowest BCUT2D eigenvalue weighted by molar-refractivity contribution is 0.0958. The monoisotopic (exact) mass is 434 g/mol. The number of pyridine rings is 3. The van der Waals surface area contributed by atoms with Gasteiger partial charge in [0.25, 0.3) is 11.5 Å². The SMILES string of the molecule is CCc1cc2ncc(CN3C[C@H](C)N(c4ccc(C(=O)NC)nc4)C[C@@H]3C)cc2[nH]c1=O. The van der Waals surface area contributed by atoms with E-state index in [1.807, 2.05) is 31.3 Å². The second-order valence-corrected chi connectivity index (χ2v) is 8.51. The number of aromatic amines is 1. The van der Waals surface area contributed by atoms with Crippen LogP contribution in [0.1, 0.15) is 42.4 Å². The second-order valence-electron chi connectivity index (χ2n) is 8.51. The molecule has 2 atom stereocenters. The van der Waals surface area contributed by atoms with Gasteiger partial charge in [-0.2, -0.15) is 0 Å². The Morgan fingerprint density at radius 3 is 2.66 bits per heavy atom. The fraction of sp³-hybridized carbons (Fsp3) is 0.417. The van der Waals surface area contributed by atoms with Crippen LogP contribution in [-0.4, -0.2) is 58.0 Å². The molecule has 4 heterocycles. The van der Waals surface area contributed by atoms with E-state index in [0.29, 0.717) is 24.2 Å². The molecule has 8 heteroatoms. The molecule has 1 fully saturated rings. The number of piperazine rings is 1. The molecule has 0 bridgehead atoms. The zero-order valence-electron chi connectivity index (χ0n) is 19.1. The molecule has 4 rings (SSSR count). The number of aromatic nitrogens is 3. The van der Waals surface area contributed by atoms with E-state index >= 15 is 0 Å². The highest BCUT2D eigenvalue weighted by molar-refractivity contribution is 5.92. The molecule has 2 N–H and O–H groups in total. The minimum Gasteiger partial charge on any atom is -0.365 e. The van der Waals surface area contributed by atoms with Gasteiger partial charge in [0.15, 0.2) is 0 Å². The van der Waals surface area contributed by atoms with E-state index in [4.69, 9.17) is 0 Å². The van der Waals surface area contributed by atoms with Crippen molar-refractivity contribution in [2.45, 2.75) is 45.8 Å². The molecule has 1 aliphatic rings. The van der Waals surface area contributed by atoms with Crippen LogP contribution in [0.2, 0.25) is 0 Å². The minimum absolute atomic E-state index is 0.0365. The maximum atomic E-state index is 12.2. The van der Waals surface area contributed by atoms with Crippen molar-refractivity contribution in [1.29, 1.82) is 0 Å². The van der Waals surface area contributed by atoms with Crippen molar-refractivity contribution in [3.63, 3.8) is 0 Å². The lowest BCUT2D eigenvalue weighted by atomic mass is 10.1. The predicted molar refractivity (Wildman–Crippen MR) is 126 cm³/mol. The Bertz CT molecular complexity index is 1170. The molecule has 168 valence electrons. The van der Waals surface area contributed by atoms with E-state index in [1.54, 1.807) is 19.3 Å². The average Bonchev–Trinajstić information content (AvgIpc) is 2.80. The molecule has 32 heavy (non-hydrogen) atoms. The van der Waals surface area contributed by atoms with Crippen molar-refractivity contribution in [3.8, 4) is 0 Å². The summed E-state index contributed by atoms with van der Waals surface area (Å²) >= 11 is 0. The summed E-state index contributed by atoms with van der Waals surface area (Å²) in [7, 11) is 1.60. The average molecular weight is 435 g/mol. The lowest BCUT2D eigenvalue weighted by Crippen LogP contribution is -2.56. The van der Waals surface area contributed by atoms with E-state index in [-0.39, 0.29) is 11.5 Å². The van der Waals surface area contributed by atoms with Crippen LogP contribution in [0.4, 0.5) is 5.69 Å². The number of aryl methyl sites for hydroxylation is 1. The Morgan fingerprint density at radius 2 is 1.97 bits per heavy atom. The number of fused-ring (bicyclic) bond motifs is 1. The van der Waals surface area contributed by atoms with Crippen molar-refractivity contribution in [2.75, 3.05) is 25.0 Å². The Kier molecular flexibility index (Phi) is 6.23. The van der Waals surface area contributed by atoms with Gasteiger partial charge in [0.2, 0.25) is 0 Å². The van der Waals surface area contributed by atoms with Crippen LogP contribution in [0.5, 0.6) is 0 Å². The van der Waals surface area contributed by atoms with E-state index < -0.39 is 0 Å². The van der Waals surface area contributed by atoms with Gasteiger partial charge in [0, 0.05) is 50.5 Å². The summed E-state index contributed by atoms with van der Waals surface area (Å²) in [6.45, 7) is 8.91. The third-order valence-corrected chi connectivity index (χ3v) is 6.25. The third kappa shape index (κ3) is 4.36. The fourth-order valence-corrected chi connectivity index (χ4v) is 4.35. The van der Waals surface area contributed by atoms with Crippen LogP contribution in [0.25, 0.3) is 11.0 Å². The maximum Gasteiger partial charge on any atom is 0.269 e. The van der Waals surface area contributed by atoms with Gasteiger partial charge < -0.3 is 15.2 Å². The highest BCUT2D eigenvalue weighted by Gasteiger charge is 2.29. The van der Waals surface area contributed by atoms with Gasteiger partial charge >= 0.3 is 0 Å². The summed E-state index contributed by atoms with van der Waals surface area (Å²) in [4.78, 5) is 40.6. The summed E-state index contributed by atoms with van der Waals surface area (Å²) in [5.41, 5.74) is 4.86. The van der Waals surface area contributed by atoms with Gasteiger partial charge in [0.05, 0.1) is 22.9 Å². The van der Waals surface area contributed by atoms with Crippen molar-refractivity contribution in [2.24, 2.45) is 0 Å². The second kappa shape index (κ2) is 9.08. The first-order valence-corrected chi connectivity index (χ1v) is 11.1. The molecular formula is C24H30N6O2. The van der Waals surface area contributed by atoms with Crippen molar-refractivity contribution < 1.29 is 4.79 Å². The summed E-state index contributed by atoms with van der Waals surface area (Å²) in [6, 6.07) is 8.26. The summed E-state index contributed by atoms with van der Waals surface area (Å²) in [5.74, 6) is -0.181. The molecule has 8 nitrogen and oxygen atoms in total. The summed E-state index contributed by atoms with van der Waals surface area (Å²) in [5, 5.41) is 2.60. The number of rotatable bonds is 5. The van der Waals surface area contributed by atoms with E-state index in [9.17, 15) is 9.59 Å². The molecule has 0 aromatic carbocycles. The van der Waals surface area contributed by atoms with Crippen LogP contribution < -0.4 is 15.8 Å². The minimum atomic E-state index is -0.181. The fourth-order valence-electron chi connectivity index (χ4n) is 4.35. The molecule has 0 aliphatic carbocycles. The molecule has 0 spiro atoms. The van der Waals surface area contributed by atoms with Crippen molar-refractivity contribution in [1.82, 2.24) is 25.2 Å². The first-order chi connectivity index (χ1) is 15.4. The van der Waals surface area contributed by atoms with Crippen molar-refractivity contribution in [3.05, 3.63) is 63.8 Å². The van der Waals surface area contributed by atoms with Gasteiger partial charge in [-0.25, -0.2) is 4.98 Å². The summed E-state index contributed by atoms with van der Waals surface area (Å²) in [6.07, 6.45) is 4.38. The third-order valence-electron chi connectivity index (χ3n) is 6.25. The van der Waals surface area contributed by atoms with E-state index in [0.717, 1.165) is 47.5 Å². The molecular weight excluding hydrogens is 404 g/mol. The standard InChI is InChI=1S/C24H30N6O2/c1-5-18-9-21-22(28-23(18)31)8-17(10-26-21)14-29-12-16(3)30(13-15(29)2)19-6-7-20(27-11-19)24(32)25-4/h6-11,15-16H,5,12-14H2,1-4H3,(H,25,32)(H,28,31)/t15-,16-/m0/s1. The highest BCUT2D eigenvalue weighted by atomic mass is 16.1. The lowest BCUT2D eigenvalue weighted by Gasteiger charge is -2.45. The van der Waals surface area contributed by atoms with Crippen LogP contribution >= 0.6 is 0 Å².